The van der Waals surface area contributed by atoms with Gasteiger partial charge in [-0.1, -0.05) is 6.92 Å². The molecule has 2 N–H and O–H groups in total. The third kappa shape index (κ3) is 1.93. The highest BCUT2D eigenvalue weighted by atomic mass is 15.4. The van der Waals surface area contributed by atoms with Crippen LogP contribution in [0.15, 0.2) is 18.5 Å². The van der Waals surface area contributed by atoms with Gasteiger partial charge in [0.2, 0.25) is 5.95 Å². The first-order valence-corrected chi connectivity index (χ1v) is 4.80. The standard InChI is InChI=1S/C9H12N6/c1-2-4-7-13-8(10)15(14-7)9-11-5-3-6-12-9/h3,5-6H,2,4H2,1H3,(H2,10,13,14). The average molecular weight is 204 g/mol. The smallest absolute Gasteiger partial charge is 0.253 e. The molecule has 0 aliphatic rings. The van der Waals surface area contributed by atoms with Crippen molar-refractivity contribution in [3.8, 4) is 5.95 Å². The summed E-state index contributed by atoms with van der Waals surface area (Å²) in [6, 6.07) is 1.74. The summed E-state index contributed by atoms with van der Waals surface area (Å²) in [7, 11) is 0. The predicted octanol–water partition coefficient (Wildman–Crippen LogP) is 0.592. The number of aryl methyl sites for hydroxylation is 1. The Morgan fingerprint density at radius 1 is 1.33 bits per heavy atom. The number of hydrogen-bond acceptors (Lipinski definition) is 5. The average Bonchev–Trinajstić information content (AvgIpc) is 2.61. The van der Waals surface area contributed by atoms with Crippen molar-refractivity contribution in [3.05, 3.63) is 24.3 Å². The fraction of sp³-hybridized carbons (Fsp3) is 0.333. The van der Waals surface area contributed by atoms with E-state index in [4.69, 9.17) is 5.73 Å². The van der Waals surface area contributed by atoms with E-state index < -0.39 is 0 Å². The van der Waals surface area contributed by atoms with Gasteiger partial charge in [-0.25, -0.2) is 9.97 Å². The second-order valence-corrected chi connectivity index (χ2v) is 3.10. The Hall–Kier alpha value is -1.98. The minimum absolute atomic E-state index is 0.324. The van der Waals surface area contributed by atoms with Crippen LogP contribution in [0.3, 0.4) is 0 Å². The molecule has 0 aromatic carbocycles. The molecule has 15 heavy (non-hydrogen) atoms. The van der Waals surface area contributed by atoms with Gasteiger partial charge in [-0.05, 0) is 12.5 Å². The van der Waals surface area contributed by atoms with Gasteiger partial charge >= 0.3 is 0 Å². The van der Waals surface area contributed by atoms with Gasteiger partial charge in [0.25, 0.3) is 5.95 Å². The lowest BCUT2D eigenvalue weighted by atomic mass is 10.3. The molecule has 0 bridgehead atoms. The van der Waals surface area contributed by atoms with Crippen LogP contribution >= 0.6 is 0 Å². The van der Waals surface area contributed by atoms with Crippen LogP contribution in [-0.2, 0) is 6.42 Å². The van der Waals surface area contributed by atoms with E-state index in [1.54, 1.807) is 18.5 Å². The summed E-state index contributed by atoms with van der Waals surface area (Å²) in [4.78, 5) is 12.2. The van der Waals surface area contributed by atoms with Gasteiger partial charge in [0.05, 0.1) is 0 Å². The number of nitrogens with two attached hydrogens (primary N) is 1. The molecule has 6 heteroatoms. The largest absolute Gasteiger partial charge is 0.368 e. The molecule has 0 radical (unpaired) electrons. The zero-order chi connectivity index (χ0) is 10.7. The summed E-state index contributed by atoms with van der Waals surface area (Å²) >= 11 is 0. The molecule has 0 aliphatic heterocycles. The predicted molar refractivity (Wildman–Crippen MR) is 55.4 cm³/mol. The molecular formula is C9H12N6. The fourth-order valence-corrected chi connectivity index (χ4v) is 1.25. The van der Waals surface area contributed by atoms with Crippen LogP contribution in [0, 0.1) is 0 Å². The molecular weight excluding hydrogens is 192 g/mol. The Bertz CT molecular complexity index is 435. The highest BCUT2D eigenvalue weighted by Gasteiger charge is 2.09. The molecule has 0 atom stereocenters. The van der Waals surface area contributed by atoms with E-state index in [-0.39, 0.29) is 0 Å². The molecule has 0 spiro atoms. The maximum atomic E-state index is 5.71. The van der Waals surface area contributed by atoms with Gasteiger partial charge in [-0.2, -0.15) is 9.67 Å². The maximum absolute atomic E-state index is 5.71. The lowest BCUT2D eigenvalue weighted by Gasteiger charge is -1.97. The van der Waals surface area contributed by atoms with Crippen molar-refractivity contribution in [1.29, 1.82) is 0 Å². The van der Waals surface area contributed by atoms with E-state index in [1.807, 2.05) is 0 Å². The molecule has 2 aromatic heterocycles. The van der Waals surface area contributed by atoms with E-state index in [0.717, 1.165) is 18.7 Å². The van der Waals surface area contributed by atoms with Crippen LogP contribution in [0.4, 0.5) is 5.95 Å². The zero-order valence-corrected chi connectivity index (χ0v) is 8.46. The van der Waals surface area contributed by atoms with Crippen molar-refractivity contribution in [2.45, 2.75) is 19.8 Å². The van der Waals surface area contributed by atoms with E-state index in [0.29, 0.717) is 11.9 Å². The van der Waals surface area contributed by atoms with Crippen molar-refractivity contribution >= 4 is 5.95 Å². The van der Waals surface area contributed by atoms with Crippen molar-refractivity contribution in [1.82, 2.24) is 24.7 Å². The van der Waals surface area contributed by atoms with Gasteiger partial charge in [-0.3, -0.25) is 0 Å². The maximum Gasteiger partial charge on any atom is 0.253 e. The van der Waals surface area contributed by atoms with Crippen LogP contribution in [0.2, 0.25) is 0 Å². The summed E-state index contributed by atoms with van der Waals surface area (Å²) < 4.78 is 1.45. The number of hydrogen-bond donors (Lipinski definition) is 1. The summed E-state index contributed by atoms with van der Waals surface area (Å²) in [5.41, 5.74) is 5.71. The Labute approximate surface area is 87.2 Å². The van der Waals surface area contributed by atoms with Gasteiger partial charge in [0, 0.05) is 18.8 Å². The minimum atomic E-state index is 0.324. The molecule has 0 saturated heterocycles. The number of nitrogen functional groups attached to an aromatic ring is 1. The van der Waals surface area contributed by atoms with E-state index in [9.17, 15) is 0 Å². The van der Waals surface area contributed by atoms with Crippen LogP contribution in [-0.4, -0.2) is 24.7 Å². The Morgan fingerprint density at radius 2 is 2.07 bits per heavy atom. The van der Waals surface area contributed by atoms with Crippen LogP contribution in [0.1, 0.15) is 19.2 Å². The molecule has 0 unspecified atom stereocenters. The molecule has 0 fully saturated rings. The monoisotopic (exact) mass is 204 g/mol. The first kappa shape index (κ1) is 9.57. The lowest BCUT2D eigenvalue weighted by molar-refractivity contribution is 0.770. The van der Waals surface area contributed by atoms with Crippen LogP contribution in [0.25, 0.3) is 5.95 Å². The number of aromatic nitrogens is 5. The van der Waals surface area contributed by atoms with E-state index in [2.05, 4.69) is 27.0 Å². The molecule has 78 valence electrons. The molecule has 6 nitrogen and oxygen atoms in total. The Morgan fingerprint density at radius 3 is 2.73 bits per heavy atom. The highest BCUT2D eigenvalue weighted by Crippen LogP contribution is 2.06. The van der Waals surface area contributed by atoms with E-state index >= 15 is 0 Å². The van der Waals surface area contributed by atoms with Gasteiger partial charge in [-0.15, -0.1) is 5.10 Å². The van der Waals surface area contributed by atoms with Gasteiger partial charge in [0.15, 0.2) is 5.82 Å². The van der Waals surface area contributed by atoms with Crippen molar-refractivity contribution < 1.29 is 0 Å². The second kappa shape index (κ2) is 4.04. The molecule has 0 saturated carbocycles. The van der Waals surface area contributed by atoms with Crippen molar-refractivity contribution in [2.24, 2.45) is 0 Å². The molecule has 2 heterocycles. The van der Waals surface area contributed by atoms with Crippen LogP contribution in [0.5, 0.6) is 0 Å². The number of anilines is 1. The molecule has 2 rings (SSSR count). The van der Waals surface area contributed by atoms with Gasteiger partial charge < -0.3 is 5.73 Å². The minimum Gasteiger partial charge on any atom is -0.368 e. The summed E-state index contributed by atoms with van der Waals surface area (Å²) in [5.74, 6) is 1.50. The third-order valence-corrected chi connectivity index (χ3v) is 1.89. The van der Waals surface area contributed by atoms with Crippen molar-refractivity contribution in [2.75, 3.05) is 5.73 Å². The molecule has 0 aliphatic carbocycles. The normalized spacial score (nSPS) is 10.5. The molecule has 0 amide bonds. The topological polar surface area (TPSA) is 82.5 Å². The van der Waals surface area contributed by atoms with Crippen molar-refractivity contribution in [3.63, 3.8) is 0 Å². The Kier molecular flexibility index (Phi) is 2.57. The zero-order valence-electron chi connectivity index (χ0n) is 8.46. The highest BCUT2D eigenvalue weighted by molar-refractivity contribution is 5.25. The quantitative estimate of drug-likeness (QED) is 0.791. The number of rotatable bonds is 3. The van der Waals surface area contributed by atoms with Gasteiger partial charge in [0.1, 0.15) is 0 Å². The third-order valence-electron chi connectivity index (χ3n) is 1.89. The fourth-order valence-electron chi connectivity index (χ4n) is 1.25. The first-order chi connectivity index (χ1) is 7.31. The second-order valence-electron chi connectivity index (χ2n) is 3.10. The van der Waals surface area contributed by atoms with E-state index in [1.165, 1.54) is 4.68 Å². The molecule has 2 aromatic rings. The summed E-state index contributed by atoms with van der Waals surface area (Å²) in [6.07, 6.45) is 5.08. The number of nitrogens with zero attached hydrogens (tertiary/aromatic N) is 5. The summed E-state index contributed by atoms with van der Waals surface area (Å²) in [6.45, 7) is 2.07. The Balaban J connectivity index is 2.36. The SMILES string of the molecule is CCCc1nc(N)n(-c2ncccn2)n1. The van der Waals surface area contributed by atoms with Crippen LogP contribution < -0.4 is 5.73 Å². The summed E-state index contributed by atoms with van der Waals surface area (Å²) in [5, 5.41) is 4.23. The first-order valence-electron chi connectivity index (χ1n) is 4.80. The lowest BCUT2D eigenvalue weighted by Crippen LogP contribution is -2.06.